The standard InChI is InChI=1S/C5H7N.C2N2/c1-5-3-2-4-6-5;3-1-2-4/h2-4,6H,1H3;. The van der Waals surface area contributed by atoms with E-state index in [1.807, 2.05) is 25.3 Å². The molecule has 1 aromatic heterocycles. The van der Waals surface area contributed by atoms with Crippen LogP contribution in [0.15, 0.2) is 18.3 Å². The van der Waals surface area contributed by atoms with Crippen LogP contribution in [0.4, 0.5) is 0 Å². The molecule has 1 rings (SSSR count). The van der Waals surface area contributed by atoms with Crippen LogP contribution in [0.25, 0.3) is 0 Å². The normalized spacial score (nSPS) is 6.30. The summed E-state index contributed by atoms with van der Waals surface area (Å²) in [4.78, 5) is 3.00. The highest BCUT2D eigenvalue weighted by atomic mass is 14.7. The van der Waals surface area contributed by atoms with Gasteiger partial charge in [0, 0.05) is 11.9 Å². The summed E-state index contributed by atoms with van der Waals surface area (Å²) < 4.78 is 0. The van der Waals surface area contributed by atoms with Crippen molar-refractivity contribution < 1.29 is 0 Å². The number of hydrogen-bond donors (Lipinski definition) is 1. The second kappa shape index (κ2) is 5.40. The van der Waals surface area contributed by atoms with Crippen LogP contribution < -0.4 is 0 Å². The zero-order valence-electron chi connectivity index (χ0n) is 5.63. The molecule has 50 valence electrons. The van der Waals surface area contributed by atoms with Crippen molar-refractivity contribution in [2.45, 2.75) is 6.92 Å². The average Bonchev–Trinajstić information content (AvgIpc) is 2.40. The molecular weight excluding hydrogens is 126 g/mol. The third kappa shape index (κ3) is 4.42. The summed E-state index contributed by atoms with van der Waals surface area (Å²) in [6.45, 7) is 2.03. The fourth-order valence-electron chi connectivity index (χ4n) is 0.420. The van der Waals surface area contributed by atoms with Crippen LogP contribution in [-0.4, -0.2) is 4.98 Å². The van der Waals surface area contributed by atoms with Gasteiger partial charge in [0.05, 0.1) is 0 Å². The van der Waals surface area contributed by atoms with Gasteiger partial charge < -0.3 is 4.98 Å². The first-order valence-electron chi connectivity index (χ1n) is 2.69. The predicted octanol–water partition coefficient (Wildman–Crippen LogP) is 1.36. The molecule has 0 radical (unpaired) electrons. The third-order valence-electron chi connectivity index (χ3n) is 0.803. The number of hydrogen-bond acceptors (Lipinski definition) is 2. The lowest BCUT2D eigenvalue weighted by Crippen LogP contribution is -1.59. The third-order valence-corrected chi connectivity index (χ3v) is 0.803. The van der Waals surface area contributed by atoms with Crippen molar-refractivity contribution in [3.05, 3.63) is 24.0 Å². The second-order valence-corrected chi connectivity index (χ2v) is 1.58. The van der Waals surface area contributed by atoms with Crippen LogP contribution in [0.1, 0.15) is 5.69 Å². The molecule has 3 heteroatoms. The second-order valence-electron chi connectivity index (χ2n) is 1.58. The molecule has 0 bridgehead atoms. The topological polar surface area (TPSA) is 63.4 Å². The minimum Gasteiger partial charge on any atom is -0.365 e. The molecule has 1 N–H and O–H groups in total. The maximum Gasteiger partial charge on any atom is 0.181 e. The summed E-state index contributed by atoms with van der Waals surface area (Å²) in [6, 6.07) is 6.48. The number of nitrogens with one attached hydrogen (secondary N) is 1. The van der Waals surface area contributed by atoms with Gasteiger partial charge >= 0.3 is 0 Å². The molecule has 0 aliphatic carbocycles. The molecule has 3 nitrogen and oxygen atoms in total. The fourth-order valence-corrected chi connectivity index (χ4v) is 0.420. The van der Waals surface area contributed by atoms with Gasteiger partial charge in [0.1, 0.15) is 0 Å². The van der Waals surface area contributed by atoms with Crippen LogP contribution in [0.3, 0.4) is 0 Å². The van der Waals surface area contributed by atoms with E-state index in [1.54, 1.807) is 0 Å². The van der Waals surface area contributed by atoms with Crippen LogP contribution >= 0.6 is 0 Å². The van der Waals surface area contributed by atoms with Crippen molar-refractivity contribution in [2.24, 2.45) is 0 Å². The van der Waals surface area contributed by atoms with Crippen LogP contribution in [0.2, 0.25) is 0 Å². The fraction of sp³-hybridized carbons (Fsp3) is 0.143. The molecule has 0 aliphatic heterocycles. The average molecular weight is 133 g/mol. The SMILES string of the molecule is Cc1ccc[nH]1.N#CC#N. The van der Waals surface area contributed by atoms with Gasteiger partial charge in [-0.3, -0.25) is 0 Å². The van der Waals surface area contributed by atoms with Crippen LogP contribution in [0.5, 0.6) is 0 Å². The van der Waals surface area contributed by atoms with Crippen LogP contribution in [-0.2, 0) is 0 Å². The Morgan fingerprint density at radius 2 is 2.00 bits per heavy atom. The first-order chi connectivity index (χ1) is 4.81. The van der Waals surface area contributed by atoms with Crippen molar-refractivity contribution in [3.8, 4) is 12.1 Å². The van der Waals surface area contributed by atoms with E-state index in [2.05, 4.69) is 4.98 Å². The zero-order valence-corrected chi connectivity index (χ0v) is 5.63. The van der Waals surface area contributed by atoms with E-state index >= 15 is 0 Å². The smallest absolute Gasteiger partial charge is 0.181 e. The summed E-state index contributed by atoms with van der Waals surface area (Å²) in [5.74, 6) is 0. The Morgan fingerprint density at radius 1 is 1.40 bits per heavy atom. The van der Waals surface area contributed by atoms with Gasteiger partial charge in [0.15, 0.2) is 12.1 Å². The van der Waals surface area contributed by atoms with E-state index in [9.17, 15) is 0 Å². The highest BCUT2D eigenvalue weighted by Crippen LogP contribution is 1.86. The molecule has 0 amide bonds. The van der Waals surface area contributed by atoms with Gasteiger partial charge in [-0.1, -0.05) is 0 Å². The van der Waals surface area contributed by atoms with Gasteiger partial charge in [-0.15, -0.1) is 0 Å². The number of aryl methyl sites for hydroxylation is 1. The van der Waals surface area contributed by atoms with E-state index < -0.39 is 0 Å². The van der Waals surface area contributed by atoms with Crippen LogP contribution in [0, 0.1) is 29.6 Å². The maximum absolute atomic E-state index is 7.26. The molecule has 10 heavy (non-hydrogen) atoms. The Bertz CT molecular complexity index is 223. The number of aromatic amines is 1. The Morgan fingerprint density at radius 3 is 2.10 bits per heavy atom. The number of nitrogens with zero attached hydrogens (tertiary/aromatic N) is 2. The lowest BCUT2D eigenvalue weighted by Gasteiger charge is -1.70. The minimum atomic E-state index is 1.22. The monoisotopic (exact) mass is 133 g/mol. The van der Waals surface area contributed by atoms with Gasteiger partial charge in [-0.25, -0.2) is 0 Å². The van der Waals surface area contributed by atoms with Crippen molar-refractivity contribution in [2.75, 3.05) is 0 Å². The molecule has 0 aliphatic rings. The van der Waals surface area contributed by atoms with Gasteiger partial charge in [-0.2, -0.15) is 10.5 Å². The highest BCUT2D eigenvalue weighted by molar-refractivity contribution is 4.99. The van der Waals surface area contributed by atoms with E-state index in [0.717, 1.165) is 0 Å². The van der Waals surface area contributed by atoms with Crippen molar-refractivity contribution in [1.29, 1.82) is 10.5 Å². The minimum absolute atomic E-state index is 1.22. The summed E-state index contributed by atoms with van der Waals surface area (Å²) >= 11 is 0. The van der Waals surface area contributed by atoms with Gasteiger partial charge in [-0.05, 0) is 19.1 Å². The number of aromatic nitrogens is 1. The summed E-state index contributed by atoms with van der Waals surface area (Å²) in [6.07, 6.45) is 1.91. The molecule has 1 heterocycles. The number of rotatable bonds is 0. The predicted molar refractivity (Wildman–Crippen MR) is 36.8 cm³/mol. The molecule has 0 fully saturated rings. The largest absolute Gasteiger partial charge is 0.365 e. The van der Waals surface area contributed by atoms with Crippen molar-refractivity contribution in [1.82, 2.24) is 4.98 Å². The first kappa shape index (κ1) is 8.26. The maximum atomic E-state index is 7.26. The van der Waals surface area contributed by atoms with E-state index in [-0.39, 0.29) is 0 Å². The number of H-pyrrole nitrogens is 1. The quantitative estimate of drug-likeness (QED) is 0.580. The zero-order chi connectivity index (χ0) is 7.82. The van der Waals surface area contributed by atoms with Crippen molar-refractivity contribution >= 4 is 0 Å². The van der Waals surface area contributed by atoms with Crippen molar-refractivity contribution in [3.63, 3.8) is 0 Å². The lowest BCUT2D eigenvalue weighted by atomic mass is 10.5. The number of nitriles is 2. The van der Waals surface area contributed by atoms with E-state index in [1.165, 1.54) is 17.8 Å². The molecule has 0 saturated carbocycles. The van der Waals surface area contributed by atoms with Gasteiger partial charge in [0.25, 0.3) is 0 Å². The molecular formula is C7H7N3. The summed E-state index contributed by atoms with van der Waals surface area (Å²) in [5, 5.41) is 14.5. The summed E-state index contributed by atoms with van der Waals surface area (Å²) in [7, 11) is 0. The highest BCUT2D eigenvalue weighted by Gasteiger charge is 1.72. The molecule has 0 spiro atoms. The molecule has 0 atom stereocenters. The Labute approximate surface area is 59.5 Å². The summed E-state index contributed by atoms with van der Waals surface area (Å²) in [5.41, 5.74) is 1.22. The molecule has 0 unspecified atom stereocenters. The van der Waals surface area contributed by atoms with E-state index in [4.69, 9.17) is 10.5 Å². The molecule has 1 aromatic rings. The van der Waals surface area contributed by atoms with Gasteiger partial charge in [0.2, 0.25) is 0 Å². The van der Waals surface area contributed by atoms with E-state index in [0.29, 0.717) is 0 Å². The Kier molecular flexibility index (Phi) is 4.46. The first-order valence-corrected chi connectivity index (χ1v) is 2.69. The molecule has 0 saturated heterocycles. The lowest BCUT2D eigenvalue weighted by molar-refractivity contribution is 1.27. The molecule has 0 aromatic carbocycles. The Hall–Kier alpha value is -1.74. The Balaban J connectivity index is 0.000000180.